The molecule has 0 spiro atoms. The molecule has 4 heterocycles. The van der Waals surface area contributed by atoms with Crippen LogP contribution in [0.4, 0.5) is 51.2 Å². The topological polar surface area (TPSA) is 22.9 Å². The highest BCUT2D eigenvalue weighted by atomic mass is 32.1. The molecule has 4 nitrogen and oxygen atoms in total. The first-order valence-corrected chi connectivity index (χ1v) is 37.5. The summed E-state index contributed by atoms with van der Waals surface area (Å²) in [4.78, 5) is 7.56. The van der Waals surface area contributed by atoms with Gasteiger partial charge in [-0.05, 0) is 173 Å². The van der Waals surface area contributed by atoms with Crippen molar-refractivity contribution in [2.45, 2.75) is 77.6 Å². The normalized spacial score (nSPS) is 15.1. The summed E-state index contributed by atoms with van der Waals surface area (Å²) in [5, 5.41) is 7.88. The number of rotatable bonds is 11. The lowest BCUT2D eigenvalue weighted by Gasteiger charge is -2.46. The number of para-hydroxylation sites is 3. The van der Waals surface area contributed by atoms with E-state index in [1.165, 1.54) is 37.4 Å². The van der Waals surface area contributed by atoms with E-state index in [0.717, 1.165) is 123 Å². The Bertz CT molecular complexity index is 5830. The molecule has 0 radical (unpaired) electrons. The van der Waals surface area contributed by atoms with Crippen molar-refractivity contribution in [3.8, 4) is 22.3 Å². The second-order valence-electron chi connectivity index (χ2n) is 29.4. The standard InChI is InChI=1S/C92H76BN3OSSi/c1-90(2,3)64-45-47-65(48-46-64)94(79-41-25-23-38-72(79)62-30-15-9-16-31-62)67-50-52-78-81(58-67)96(80-42-27-40-74-73-39-24-26-43-84(73)97-88(74)80)83-60-71(99(68-32-17-10-18-33-68,69-34-19-11-20-35-69)70-36-21-12-22-37-70)59-82-86(83)93(78)89-87(75-56-63(44-53-85(75)98-89)61-28-13-8-14-29-61)95(82)66-49-51-76-77(57-66)92(6,7)55-54-91(76,4)5/h8-53,56-60H,54-55H2,1-7H3/i8D,13D,14D,28D,29D. The van der Waals surface area contributed by atoms with Crippen LogP contribution in [-0.4, -0.2) is 14.8 Å². The Kier molecular flexibility index (Phi) is 13.0. The van der Waals surface area contributed by atoms with Gasteiger partial charge in [0, 0.05) is 65.3 Å². The van der Waals surface area contributed by atoms with Crippen LogP contribution in [0.3, 0.4) is 0 Å². The molecular formula is C92H76BN3OSSi. The van der Waals surface area contributed by atoms with Gasteiger partial charge in [-0.1, -0.05) is 279 Å². The van der Waals surface area contributed by atoms with E-state index in [1.54, 1.807) is 11.3 Å². The smallest absolute Gasteiger partial charge is 0.264 e. The van der Waals surface area contributed by atoms with E-state index >= 15 is 0 Å². The third kappa shape index (κ3) is 9.75. The summed E-state index contributed by atoms with van der Waals surface area (Å²) in [6.07, 6.45) is 2.09. The van der Waals surface area contributed by atoms with Gasteiger partial charge in [0.1, 0.15) is 5.58 Å². The first-order chi connectivity index (χ1) is 50.3. The molecule has 15 aromatic rings. The SMILES string of the molecule is [2H]c1c([2H])c([2H])c(-c2ccc3sc4c(c3c2)N(c2ccc3c(c2)C(C)(C)CCC3(C)C)c2cc([Si](c3ccccc3)(c3ccccc3)c3ccccc3)cc3c2B4c2ccc(N(c4ccc(C(C)(C)C)cc4)c4ccccc4-c4ccccc4)cc2N3c2cccc3c2oc2ccccc23)c([2H])c1[2H]. The number of furan rings is 1. The number of fused-ring (bicyclic) bond motifs is 10. The highest BCUT2D eigenvalue weighted by Gasteiger charge is 2.50. The lowest BCUT2D eigenvalue weighted by atomic mass is 9.36. The van der Waals surface area contributed by atoms with Gasteiger partial charge in [0.25, 0.3) is 6.71 Å². The third-order valence-electron chi connectivity index (χ3n) is 21.7. The van der Waals surface area contributed by atoms with Crippen LogP contribution < -0.4 is 51.1 Å². The second-order valence-corrected chi connectivity index (χ2v) is 34.3. The summed E-state index contributed by atoms with van der Waals surface area (Å²) in [6, 6.07) is 101. The summed E-state index contributed by atoms with van der Waals surface area (Å²) in [5.74, 6) is 0. The molecule has 3 aliphatic rings. The van der Waals surface area contributed by atoms with Gasteiger partial charge in [-0.25, -0.2) is 0 Å². The molecule has 0 amide bonds. The van der Waals surface area contributed by atoms with E-state index in [0.29, 0.717) is 5.56 Å². The molecular weight excluding hydrogens is 1230 g/mol. The van der Waals surface area contributed by atoms with Crippen LogP contribution in [0.5, 0.6) is 0 Å². The Morgan fingerprint density at radius 2 is 1.08 bits per heavy atom. The maximum Gasteiger partial charge on any atom is 0.264 e. The van der Waals surface area contributed by atoms with Crippen molar-refractivity contribution in [1.29, 1.82) is 0 Å². The van der Waals surface area contributed by atoms with Gasteiger partial charge >= 0.3 is 0 Å². The average molecular weight is 1320 g/mol. The molecule has 0 fully saturated rings. The summed E-state index contributed by atoms with van der Waals surface area (Å²) in [7, 11) is -3.46. The van der Waals surface area contributed by atoms with Gasteiger partial charge in [-0.15, -0.1) is 11.3 Å². The lowest BCUT2D eigenvalue weighted by Crippen LogP contribution is -2.75. The van der Waals surface area contributed by atoms with Crippen molar-refractivity contribution in [1.82, 2.24) is 0 Å². The summed E-state index contributed by atoms with van der Waals surface area (Å²) < 4.78 is 55.1. The van der Waals surface area contributed by atoms with Crippen LogP contribution in [0.1, 0.15) is 84.9 Å². The Balaban J connectivity index is 1.02. The fraction of sp³-hybridized carbons (Fsp3) is 0.130. The molecule has 13 aromatic carbocycles. The van der Waals surface area contributed by atoms with E-state index < -0.39 is 14.1 Å². The Labute approximate surface area is 593 Å². The van der Waals surface area contributed by atoms with Crippen LogP contribution >= 0.6 is 11.3 Å². The maximum absolute atomic E-state index is 9.46. The molecule has 1 aliphatic carbocycles. The first-order valence-electron chi connectivity index (χ1n) is 37.1. The van der Waals surface area contributed by atoms with E-state index in [-0.39, 0.29) is 52.7 Å². The largest absolute Gasteiger partial charge is 0.454 e. The molecule has 478 valence electrons. The number of benzene rings is 13. The minimum absolute atomic E-state index is 0.0728. The molecule has 7 heteroatoms. The van der Waals surface area contributed by atoms with Gasteiger partial charge in [-0.3, -0.25) is 0 Å². The van der Waals surface area contributed by atoms with Crippen LogP contribution in [0.25, 0.3) is 54.3 Å². The first kappa shape index (κ1) is 55.3. The quantitative estimate of drug-likeness (QED) is 0.0951. The summed E-state index contributed by atoms with van der Waals surface area (Å²) in [5.41, 5.74) is 19.4. The fourth-order valence-electron chi connectivity index (χ4n) is 16.7. The highest BCUT2D eigenvalue weighted by Crippen LogP contribution is 2.54. The number of nitrogens with zero attached hydrogens (tertiary/aromatic N) is 3. The third-order valence-corrected chi connectivity index (χ3v) is 27.7. The number of anilines is 9. The predicted molar refractivity (Wildman–Crippen MR) is 426 cm³/mol. The molecule has 2 aromatic heterocycles. The molecule has 99 heavy (non-hydrogen) atoms. The van der Waals surface area contributed by atoms with E-state index in [2.05, 4.69) is 336 Å². The second kappa shape index (κ2) is 23.2. The highest BCUT2D eigenvalue weighted by molar-refractivity contribution is 7.34. The maximum atomic E-state index is 9.46. The van der Waals surface area contributed by atoms with Gasteiger partial charge in [0.15, 0.2) is 13.7 Å². The zero-order valence-electron chi connectivity index (χ0n) is 61.7. The van der Waals surface area contributed by atoms with Crippen LogP contribution in [0.15, 0.2) is 314 Å². The van der Waals surface area contributed by atoms with Gasteiger partial charge in [0.05, 0.1) is 23.9 Å². The van der Waals surface area contributed by atoms with Crippen molar-refractivity contribution < 1.29 is 11.3 Å². The van der Waals surface area contributed by atoms with Crippen LogP contribution in [0, 0.1) is 0 Å². The fourth-order valence-corrected chi connectivity index (χ4v) is 22.7. The number of hydrogen-bond donors (Lipinski definition) is 0. The van der Waals surface area contributed by atoms with Crippen LogP contribution in [-0.2, 0) is 16.2 Å². The zero-order valence-corrected chi connectivity index (χ0v) is 58.5. The Morgan fingerprint density at radius 3 is 1.77 bits per heavy atom. The molecule has 0 unspecified atom stereocenters. The van der Waals surface area contributed by atoms with Gasteiger partial charge in [0.2, 0.25) is 0 Å². The minimum atomic E-state index is -3.46. The summed E-state index contributed by atoms with van der Waals surface area (Å²) in [6.45, 7) is 16.0. The molecule has 0 N–H and O–H groups in total. The molecule has 0 atom stereocenters. The molecule has 2 aliphatic heterocycles. The average Bonchev–Trinajstić information content (AvgIpc) is 1.42. The van der Waals surface area contributed by atoms with Gasteiger partial charge in [-0.2, -0.15) is 0 Å². The predicted octanol–water partition coefficient (Wildman–Crippen LogP) is 20.7. The Morgan fingerprint density at radius 1 is 0.475 bits per heavy atom. The van der Waals surface area contributed by atoms with E-state index in [9.17, 15) is 2.74 Å². The monoisotopic (exact) mass is 1310 g/mol. The molecule has 0 bridgehead atoms. The number of hydrogen-bond acceptors (Lipinski definition) is 5. The van der Waals surface area contributed by atoms with Crippen molar-refractivity contribution >= 4 is 146 Å². The van der Waals surface area contributed by atoms with E-state index in [4.69, 9.17) is 8.53 Å². The number of thiophene rings is 1. The minimum Gasteiger partial charge on any atom is -0.454 e. The van der Waals surface area contributed by atoms with Crippen molar-refractivity contribution in [3.05, 3.63) is 326 Å². The van der Waals surface area contributed by atoms with Crippen molar-refractivity contribution in [2.75, 3.05) is 14.7 Å². The molecule has 0 saturated carbocycles. The summed E-state index contributed by atoms with van der Waals surface area (Å²) >= 11 is 1.78. The molecule has 18 rings (SSSR count). The van der Waals surface area contributed by atoms with Crippen molar-refractivity contribution in [3.63, 3.8) is 0 Å². The van der Waals surface area contributed by atoms with Gasteiger partial charge < -0.3 is 19.1 Å². The van der Waals surface area contributed by atoms with E-state index in [1.807, 2.05) is 6.07 Å². The molecule has 0 saturated heterocycles. The Hall–Kier alpha value is -10.7. The lowest BCUT2D eigenvalue weighted by molar-refractivity contribution is 0.332. The zero-order chi connectivity index (χ0) is 71.3. The van der Waals surface area contributed by atoms with Crippen LogP contribution in [0.2, 0.25) is 0 Å². The van der Waals surface area contributed by atoms with Crippen molar-refractivity contribution in [2.24, 2.45) is 0 Å².